The average molecular weight is 277 g/mol. The number of rotatable bonds is 2. The van der Waals surface area contributed by atoms with Gasteiger partial charge < -0.3 is 0 Å². The molecule has 1 nitrogen and oxygen atoms in total. The summed E-state index contributed by atoms with van der Waals surface area (Å²) in [5.41, 5.74) is 2.62. The minimum absolute atomic E-state index is 0.102. The monoisotopic (exact) mass is 276 g/mol. The zero-order valence-corrected chi connectivity index (χ0v) is 11.8. The van der Waals surface area contributed by atoms with Gasteiger partial charge in [-0.2, -0.15) is 0 Å². The molecule has 0 aromatic heterocycles. The predicted molar refractivity (Wildman–Crippen MR) is 75.5 cm³/mol. The summed E-state index contributed by atoms with van der Waals surface area (Å²) in [6.07, 6.45) is 0. The van der Waals surface area contributed by atoms with E-state index in [1.54, 1.807) is 38.1 Å². The standard InChI is InChI=1S/C16H14ClFO/c1-9-5-4-6-12(15(9)18)16(19)13-7-11(3)14(17)8-10(13)2/h4-8H,1-3H3. The second-order valence-corrected chi connectivity index (χ2v) is 5.09. The Labute approximate surface area is 117 Å². The van der Waals surface area contributed by atoms with Crippen molar-refractivity contribution in [3.05, 3.63) is 69.0 Å². The Bertz CT molecular complexity index is 662. The molecule has 0 aliphatic carbocycles. The number of hydrogen-bond donors (Lipinski definition) is 0. The maximum atomic E-state index is 14.0. The predicted octanol–water partition coefficient (Wildman–Crippen LogP) is 4.64. The van der Waals surface area contributed by atoms with Crippen molar-refractivity contribution in [2.75, 3.05) is 0 Å². The van der Waals surface area contributed by atoms with E-state index in [0.717, 1.165) is 11.1 Å². The van der Waals surface area contributed by atoms with Gasteiger partial charge in [0.1, 0.15) is 5.82 Å². The molecule has 0 unspecified atom stereocenters. The van der Waals surface area contributed by atoms with Crippen LogP contribution in [0.4, 0.5) is 4.39 Å². The molecule has 2 aromatic carbocycles. The van der Waals surface area contributed by atoms with Crippen LogP contribution < -0.4 is 0 Å². The SMILES string of the molecule is Cc1cc(C(=O)c2cccc(C)c2F)c(C)cc1Cl. The smallest absolute Gasteiger partial charge is 0.196 e. The van der Waals surface area contributed by atoms with Crippen LogP contribution in [0.15, 0.2) is 30.3 Å². The molecule has 0 N–H and O–H groups in total. The summed E-state index contributed by atoms with van der Waals surface area (Å²) >= 11 is 6.01. The lowest BCUT2D eigenvalue weighted by atomic mass is 9.96. The summed E-state index contributed by atoms with van der Waals surface area (Å²) in [5.74, 6) is -0.766. The van der Waals surface area contributed by atoms with Crippen LogP contribution in [0, 0.1) is 26.6 Å². The van der Waals surface area contributed by atoms with Crippen LogP contribution in [0.3, 0.4) is 0 Å². The molecule has 98 valence electrons. The molecule has 0 radical (unpaired) electrons. The Morgan fingerprint density at radius 2 is 1.68 bits per heavy atom. The van der Waals surface area contributed by atoms with E-state index in [-0.39, 0.29) is 11.3 Å². The first-order chi connectivity index (χ1) is 8.91. The Morgan fingerprint density at radius 3 is 2.37 bits per heavy atom. The van der Waals surface area contributed by atoms with Gasteiger partial charge in [-0.15, -0.1) is 0 Å². The molecule has 0 atom stereocenters. The van der Waals surface area contributed by atoms with Crippen LogP contribution in [-0.2, 0) is 0 Å². The van der Waals surface area contributed by atoms with E-state index in [0.29, 0.717) is 16.1 Å². The molecule has 2 rings (SSSR count). The fourth-order valence-corrected chi connectivity index (χ4v) is 2.21. The van der Waals surface area contributed by atoms with Crippen LogP contribution in [-0.4, -0.2) is 5.78 Å². The van der Waals surface area contributed by atoms with Gasteiger partial charge in [0, 0.05) is 10.6 Å². The fraction of sp³-hybridized carbons (Fsp3) is 0.188. The topological polar surface area (TPSA) is 17.1 Å². The zero-order valence-electron chi connectivity index (χ0n) is 11.1. The molecular formula is C16H14ClFO. The highest BCUT2D eigenvalue weighted by Gasteiger charge is 2.17. The number of halogens is 2. The van der Waals surface area contributed by atoms with Crippen LogP contribution in [0.5, 0.6) is 0 Å². The van der Waals surface area contributed by atoms with Crippen molar-refractivity contribution in [2.45, 2.75) is 20.8 Å². The number of hydrogen-bond acceptors (Lipinski definition) is 1. The Hall–Kier alpha value is -1.67. The lowest BCUT2D eigenvalue weighted by Gasteiger charge is -2.09. The van der Waals surface area contributed by atoms with Crippen LogP contribution >= 0.6 is 11.6 Å². The third-order valence-electron chi connectivity index (χ3n) is 3.19. The minimum Gasteiger partial charge on any atom is -0.288 e. The van der Waals surface area contributed by atoms with E-state index in [9.17, 15) is 9.18 Å². The first kappa shape index (κ1) is 13.8. The average Bonchev–Trinajstić information content (AvgIpc) is 2.36. The van der Waals surface area contributed by atoms with Gasteiger partial charge in [-0.25, -0.2) is 4.39 Å². The Balaban J connectivity index is 2.56. The highest BCUT2D eigenvalue weighted by Crippen LogP contribution is 2.24. The van der Waals surface area contributed by atoms with E-state index in [2.05, 4.69) is 0 Å². The van der Waals surface area contributed by atoms with Gasteiger partial charge in [0.25, 0.3) is 0 Å². The highest BCUT2D eigenvalue weighted by molar-refractivity contribution is 6.31. The first-order valence-electron chi connectivity index (χ1n) is 5.98. The number of ketones is 1. The van der Waals surface area contributed by atoms with Crippen molar-refractivity contribution in [2.24, 2.45) is 0 Å². The van der Waals surface area contributed by atoms with Crippen LogP contribution in [0.2, 0.25) is 5.02 Å². The van der Waals surface area contributed by atoms with Gasteiger partial charge in [0.15, 0.2) is 5.78 Å². The Kier molecular flexibility index (Phi) is 3.72. The Morgan fingerprint density at radius 1 is 1.00 bits per heavy atom. The van der Waals surface area contributed by atoms with Crippen LogP contribution in [0.1, 0.15) is 32.6 Å². The molecule has 0 aliphatic rings. The lowest BCUT2D eigenvalue weighted by molar-refractivity contribution is 0.103. The van der Waals surface area contributed by atoms with Crippen molar-refractivity contribution in [1.29, 1.82) is 0 Å². The minimum atomic E-state index is -0.459. The van der Waals surface area contributed by atoms with Crippen molar-refractivity contribution >= 4 is 17.4 Å². The van der Waals surface area contributed by atoms with Gasteiger partial charge >= 0.3 is 0 Å². The summed E-state index contributed by atoms with van der Waals surface area (Å²) in [6, 6.07) is 8.28. The number of benzene rings is 2. The summed E-state index contributed by atoms with van der Waals surface area (Å²) < 4.78 is 14.0. The zero-order chi connectivity index (χ0) is 14.2. The van der Waals surface area contributed by atoms with E-state index < -0.39 is 5.82 Å². The second-order valence-electron chi connectivity index (χ2n) is 4.68. The highest BCUT2D eigenvalue weighted by atomic mass is 35.5. The molecule has 0 bridgehead atoms. The van der Waals surface area contributed by atoms with E-state index in [4.69, 9.17) is 11.6 Å². The van der Waals surface area contributed by atoms with Gasteiger partial charge in [-0.3, -0.25) is 4.79 Å². The van der Waals surface area contributed by atoms with Crippen molar-refractivity contribution in [3.63, 3.8) is 0 Å². The molecular weight excluding hydrogens is 263 g/mol. The molecule has 0 amide bonds. The normalized spacial score (nSPS) is 10.6. The third-order valence-corrected chi connectivity index (χ3v) is 3.59. The lowest BCUT2D eigenvalue weighted by Crippen LogP contribution is -2.07. The fourth-order valence-electron chi connectivity index (χ4n) is 1.99. The summed E-state index contributed by atoms with van der Waals surface area (Å²) in [6.45, 7) is 5.27. The maximum Gasteiger partial charge on any atom is 0.196 e. The van der Waals surface area contributed by atoms with Crippen LogP contribution in [0.25, 0.3) is 0 Å². The molecule has 0 saturated heterocycles. The second kappa shape index (κ2) is 5.14. The molecule has 0 spiro atoms. The molecule has 0 aliphatic heterocycles. The van der Waals surface area contributed by atoms with Gasteiger partial charge in [0.05, 0.1) is 5.56 Å². The van der Waals surface area contributed by atoms with Crippen molar-refractivity contribution in [3.8, 4) is 0 Å². The van der Waals surface area contributed by atoms with Gasteiger partial charge in [0.2, 0.25) is 0 Å². The van der Waals surface area contributed by atoms with E-state index >= 15 is 0 Å². The largest absolute Gasteiger partial charge is 0.288 e. The quantitative estimate of drug-likeness (QED) is 0.731. The molecule has 19 heavy (non-hydrogen) atoms. The summed E-state index contributed by atoms with van der Waals surface area (Å²) in [5, 5.41) is 0.610. The molecule has 0 heterocycles. The third kappa shape index (κ3) is 2.54. The molecule has 3 heteroatoms. The van der Waals surface area contributed by atoms with Gasteiger partial charge in [-0.05, 0) is 55.7 Å². The molecule has 0 saturated carbocycles. The van der Waals surface area contributed by atoms with E-state index in [1.165, 1.54) is 6.07 Å². The maximum absolute atomic E-state index is 14.0. The number of aryl methyl sites for hydroxylation is 3. The molecule has 2 aromatic rings. The number of carbonyl (C=O) groups excluding carboxylic acids is 1. The summed E-state index contributed by atoms with van der Waals surface area (Å²) in [7, 11) is 0. The van der Waals surface area contributed by atoms with Gasteiger partial charge in [-0.1, -0.05) is 23.7 Å². The summed E-state index contributed by atoms with van der Waals surface area (Å²) in [4.78, 5) is 12.4. The first-order valence-corrected chi connectivity index (χ1v) is 6.36. The van der Waals surface area contributed by atoms with Crippen molar-refractivity contribution < 1.29 is 9.18 Å². The van der Waals surface area contributed by atoms with E-state index in [1.807, 2.05) is 6.92 Å². The number of carbonyl (C=O) groups is 1. The van der Waals surface area contributed by atoms with Crippen molar-refractivity contribution in [1.82, 2.24) is 0 Å². The molecule has 0 fully saturated rings.